The minimum absolute atomic E-state index is 0.669. The third kappa shape index (κ3) is 6.06. The molecule has 0 bridgehead atoms. The highest BCUT2D eigenvalue weighted by Crippen LogP contribution is 2.37. The maximum absolute atomic E-state index is 12.2. The van der Waals surface area contributed by atoms with Crippen LogP contribution in [0, 0.1) is 5.92 Å². The minimum Gasteiger partial charge on any atom is -0.216 e. The Bertz CT molecular complexity index is 703. The maximum atomic E-state index is 12.2. The van der Waals surface area contributed by atoms with Crippen molar-refractivity contribution < 1.29 is 4.39 Å². The lowest BCUT2D eigenvalue weighted by Gasteiger charge is -2.28. The van der Waals surface area contributed by atoms with E-state index < -0.39 is 0 Å². The zero-order valence-electron chi connectivity index (χ0n) is 17.4. The summed E-state index contributed by atoms with van der Waals surface area (Å²) in [5, 5.41) is 0. The maximum Gasteiger partial charge on any atom is 0.0827 e. The van der Waals surface area contributed by atoms with E-state index in [1.807, 2.05) is 0 Å². The molecule has 150 valence electrons. The molecule has 1 aliphatic rings. The van der Waals surface area contributed by atoms with Crippen molar-refractivity contribution >= 4 is 0 Å². The van der Waals surface area contributed by atoms with Crippen LogP contribution >= 0.6 is 0 Å². The van der Waals surface area contributed by atoms with Gasteiger partial charge in [0.2, 0.25) is 0 Å². The van der Waals surface area contributed by atoms with Gasteiger partial charge in [0, 0.05) is 0 Å². The Labute approximate surface area is 170 Å². The van der Waals surface area contributed by atoms with E-state index in [4.69, 9.17) is 0 Å². The molecule has 0 heterocycles. The van der Waals surface area contributed by atoms with E-state index in [1.165, 1.54) is 80.0 Å². The van der Waals surface area contributed by atoms with Gasteiger partial charge < -0.3 is 0 Å². The van der Waals surface area contributed by atoms with Crippen LogP contribution in [0.3, 0.4) is 0 Å². The van der Waals surface area contributed by atoms with Crippen LogP contribution in [-0.2, 0) is 6.42 Å². The summed E-state index contributed by atoms with van der Waals surface area (Å²) < 4.78 is 12.2. The van der Waals surface area contributed by atoms with Gasteiger partial charge in [-0.15, -0.1) is 0 Å². The summed E-state index contributed by atoms with van der Waals surface area (Å²) >= 11 is 0. The summed E-state index contributed by atoms with van der Waals surface area (Å²) in [5.74, 6) is 1.34. The van der Waals surface area contributed by atoms with Crippen molar-refractivity contribution in [1.29, 1.82) is 0 Å². The molecule has 2 aromatic rings. The Balaban J connectivity index is 1.53. The van der Waals surface area contributed by atoms with Crippen molar-refractivity contribution in [1.82, 2.24) is 0 Å². The standard InChI is InChI=1S/C27H35F/c1-2-3-4-5-7-22-9-13-24(14-10-22)26-17-19-27(20-18-26)25-15-11-23(12-16-25)8-6-21-28/h6,9-10,13-14,17-21,23,25H,2-5,7-8,11-12,15-16H2,1H3/t23-,25-. The van der Waals surface area contributed by atoms with E-state index in [-0.39, 0.29) is 0 Å². The second-order valence-electron chi connectivity index (χ2n) is 8.44. The van der Waals surface area contributed by atoms with E-state index in [0.29, 0.717) is 18.2 Å². The molecule has 0 aliphatic heterocycles. The van der Waals surface area contributed by atoms with Crippen LogP contribution in [0.1, 0.15) is 81.8 Å². The highest BCUT2D eigenvalue weighted by atomic mass is 19.1. The van der Waals surface area contributed by atoms with Crippen molar-refractivity contribution in [2.75, 3.05) is 0 Å². The quantitative estimate of drug-likeness (QED) is 0.383. The number of allylic oxidation sites excluding steroid dienone is 1. The minimum atomic E-state index is 0.669. The summed E-state index contributed by atoms with van der Waals surface area (Å²) in [5.41, 5.74) is 5.54. The van der Waals surface area contributed by atoms with Gasteiger partial charge in [0.25, 0.3) is 0 Å². The van der Waals surface area contributed by atoms with Crippen LogP contribution in [0.2, 0.25) is 0 Å². The van der Waals surface area contributed by atoms with Crippen LogP contribution in [0.15, 0.2) is 60.9 Å². The number of hydrogen-bond acceptors (Lipinski definition) is 0. The highest BCUT2D eigenvalue weighted by molar-refractivity contribution is 5.64. The van der Waals surface area contributed by atoms with E-state index in [0.717, 1.165) is 6.42 Å². The molecular formula is C27H35F. The summed E-state index contributed by atoms with van der Waals surface area (Å²) in [6.07, 6.45) is 14.7. The lowest BCUT2D eigenvalue weighted by Crippen LogP contribution is -2.12. The van der Waals surface area contributed by atoms with Crippen molar-refractivity contribution in [2.24, 2.45) is 5.92 Å². The summed E-state index contributed by atoms with van der Waals surface area (Å²) in [6.45, 7) is 2.26. The van der Waals surface area contributed by atoms with Gasteiger partial charge in [-0.1, -0.05) is 80.8 Å². The third-order valence-corrected chi connectivity index (χ3v) is 6.39. The van der Waals surface area contributed by atoms with Gasteiger partial charge in [-0.3, -0.25) is 0 Å². The molecule has 0 N–H and O–H groups in total. The fourth-order valence-corrected chi connectivity index (χ4v) is 4.54. The van der Waals surface area contributed by atoms with Crippen LogP contribution in [-0.4, -0.2) is 0 Å². The van der Waals surface area contributed by atoms with Crippen LogP contribution in [0.25, 0.3) is 11.1 Å². The zero-order valence-corrected chi connectivity index (χ0v) is 17.4. The van der Waals surface area contributed by atoms with Gasteiger partial charge in [0.15, 0.2) is 0 Å². The molecule has 28 heavy (non-hydrogen) atoms. The molecule has 1 heteroatoms. The molecule has 3 rings (SSSR count). The molecule has 1 saturated carbocycles. The van der Waals surface area contributed by atoms with Crippen molar-refractivity contribution in [3.05, 3.63) is 72.1 Å². The molecule has 0 nitrogen and oxygen atoms in total. The molecule has 0 aromatic heterocycles. The van der Waals surface area contributed by atoms with Crippen molar-refractivity contribution in [3.8, 4) is 11.1 Å². The predicted octanol–water partition coefficient (Wildman–Crippen LogP) is 8.62. The van der Waals surface area contributed by atoms with E-state index in [1.54, 1.807) is 6.08 Å². The fourth-order valence-electron chi connectivity index (χ4n) is 4.54. The molecule has 0 unspecified atom stereocenters. The van der Waals surface area contributed by atoms with Crippen molar-refractivity contribution in [2.45, 2.75) is 77.0 Å². The normalized spacial score (nSPS) is 19.9. The molecule has 0 spiro atoms. The molecule has 0 radical (unpaired) electrons. The Morgan fingerprint density at radius 3 is 2.07 bits per heavy atom. The topological polar surface area (TPSA) is 0 Å². The second kappa shape index (κ2) is 11.2. The predicted molar refractivity (Wildman–Crippen MR) is 119 cm³/mol. The van der Waals surface area contributed by atoms with Crippen LogP contribution in [0.5, 0.6) is 0 Å². The molecule has 1 fully saturated rings. The molecule has 0 amide bonds. The number of halogens is 1. The smallest absolute Gasteiger partial charge is 0.0827 e. The number of hydrogen-bond donors (Lipinski definition) is 0. The first-order chi connectivity index (χ1) is 13.8. The van der Waals surface area contributed by atoms with Gasteiger partial charge >= 0.3 is 0 Å². The van der Waals surface area contributed by atoms with Gasteiger partial charge in [0.1, 0.15) is 0 Å². The van der Waals surface area contributed by atoms with E-state index in [9.17, 15) is 4.39 Å². The monoisotopic (exact) mass is 378 g/mol. The Morgan fingerprint density at radius 1 is 0.821 bits per heavy atom. The zero-order chi connectivity index (χ0) is 19.6. The average molecular weight is 379 g/mol. The van der Waals surface area contributed by atoms with Gasteiger partial charge in [-0.05, 0) is 79.0 Å². The Kier molecular flexibility index (Phi) is 8.33. The number of benzene rings is 2. The fraction of sp³-hybridized carbons (Fsp3) is 0.481. The lowest BCUT2D eigenvalue weighted by molar-refractivity contribution is 0.327. The number of rotatable bonds is 9. The molecule has 0 atom stereocenters. The second-order valence-corrected chi connectivity index (χ2v) is 8.44. The van der Waals surface area contributed by atoms with Gasteiger partial charge in [-0.2, -0.15) is 0 Å². The van der Waals surface area contributed by atoms with Crippen LogP contribution < -0.4 is 0 Å². The van der Waals surface area contributed by atoms with Crippen molar-refractivity contribution in [3.63, 3.8) is 0 Å². The summed E-state index contributed by atoms with van der Waals surface area (Å²) in [6, 6.07) is 18.3. The summed E-state index contributed by atoms with van der Waals surface area (Å²) in [7, 11) is 0. The first-order valence-electron chi connectivity index (χ1n) is 11.2. The van der Waals surface area contributed by atoms with E-state index >= 15 is 0 Å². The van der Waals surface area contributed by atoms with Gasteiger partial charge in [-0.25, -0.2) is 4.39 Å². The SMILES string of the molecule is CCCCCCc1ccc(-c2ccc([C@H]3CC[C@H](CC=CF)CC3)cc2)cc1. The molecular weight excluding hydrogens is 343 g/mol. The first kappa shape index (κ1) is 20.8. The summed E-state index contributed by atoms with van der Waals surface area (Å²) in [4.78, 5) is 0. The highest BCUT2D eigenvalue weighted by Gasteiger charge is 2.21. The third-order valence-electron chi connectivity index (χ3n) is 6.39. The molecule has 1 aliphatic carbocycles. The Morgan fingerprint density at radius 2 is 1.46 bits per heavy atom. The lowest BCUT2D eigenvalue weighted by atomic mass is 9.77. The molecule has 2 aromatic carbocycles. The first-order valence-corrected chi connectivity index (χ1v) is 11.2. The number of unbranched alkanes of at least 4 members (excludes halogenated alkanes) is 3. The van der Waals surface area contributed by atoms with E-state index in [2.05, 4.69) is 55.5 Å². The average Bonchev–Trinajstić information content (AvgIpc) is 2.76. The Hall–Kier alpha value is -1.89. The van der Waals surface area contributed by atoms with Crippen LogP contribution in [0.4, 0.5) is 4.39 Å². The molecule has 0 saturated heterocycles. The van der Waals surface area contributed by atoms with Gasteiger partial charge in [0.05, 0.1) is 6.33 Å². The largest absolute Gasteiger partial charge is 0.216 e. The number of aryl methyl sites for hydroxylation is 1.